The number of nitrogens with two attached hydrogens (primary N) is 1. The van der Waals surface area contributed by atoms with Crippen molar-refractivity contribution in [2.75, 3.05) is 12.3 Å². The SMILES string of the molecule is Cn1c[n+](CCCOP(=O)([O-])[O-])c2nc(N)[nH]c(=O)c21. The minimum Gasteiger partial charge on any atom is -0.790 e. The topological polar surface area (TPSA) is 153 Å². The summed E-state index contributed by atoms with van der Waals surface area (Å²) >= 11 is 0. The predicted octanol–water partition coefficient (Wildman–Crippen LogP) is -2.63. The number of H-pyrrole nitrogens is 1. The molecule has 0 atom stereocenters. The monoisotopic (exact) mass is 302 g/mol. The van der Waals surface area contributed by atoms with Crippen LogP contribution in [0.4, 0.5) is 5.95 Å². The number of aromatic nitrogens is 4. The number of aryl methyl sites for hydroxylation is 2. The van der Waals surface area contributed by atoms with Crippen LogP contribution in [0.3, 0.4) is 0 Å². The number of hydrogen-bond acceptors (Lipinski definition) is 7. The third-order valence-electron chi connectivity index (χ3n) is 2.62. The molecule has 3 N–H and O–H groups in total. The van der Waals surface area contributed by atoms with E-state index in [1.807, 2.05) is 0 Å². The molecule has 0 aliphatic heterocycles. The third-order valence-corrected chi connectivity index (χ3v) is 3.12. The van der Waals surface area contributed by atoms with Gasteiger partial charge in [0, 0.05) is 6.42 Å². The number of rotatable bonds is 5. The van der Waals surface area contributed by atoms with E-state index in [0.29, 0.717) is 17.7 Å². The number of nitrogen functional groups attached to an aromatic ring is 1. The van der Waals surface area contributed by atoms with Crippen LogP contribution in [0.1, 0.15) is 6.42 Å². The summed E-state index contributed by atoms with van der Waals surface area (Å²) in [6, 6.07) is 0. The number of aromatic amines is 1. The maximum absolute atomic E-state index is 11.7. The fourth-order valence-electron chi connectivity index (χ4n) is 1.89. The number of nitrogens with one attached hydrogen (secondary N) is 1. The number of phosphoric acid groups is 1. The molecule has 0 aliphatic carbocycles. The lowest BCUT2D eigenvalue weighted by Gasteiger charge is -2.28. The van der Waals surface area contributed by atoms with E-state index >= 15 is 0 Å². The average molecular weight is 302 g/mol. The minimum absolute atomic E-state index is 0.0117. The van der Waals surface area contributed by atoms with E-state index in [2.05, 4.69) is 14.5 Å². The molecule has 0 saturated heterocycles. The highest BCUT2D eigenvalue weighted by atomic mass is 31.2. The van der Waals surface area contributed by atoms with Gasteiger partial charge in [0.15, 0.2) is 6.33 Å². The number of imidazole rings is 1. The van der Waals surface area contributed by atoms with Crippen molar-refractivity contribution >= 4 is 24.9 Å². The molecule has 0 aliphatic rings. The molecule has 11 heteroatoms. The maximum atomic E-state index is 11.7. The van der Waals surface area contributed by atoms with Gasteiger partial charge in [0.2, 0.25) is 5.52 Å². The first-order chi connectivity index (χ1) is 9.28. The molecule has 10 nitrogen and oxygen atoms in total. The van der Waals surface area contributed by atoms with Crippen LogP contribution in [0.5, 0.6) is 0 Å². The van der Waals surface area contributed by atoms with Gasteiger partial charge in [-0.05, 0) is 0 Å². The van der Waals surface area contributed by atoms with Crippen LogP contribution >= 0.6 is 7.82 Å². The number of nitrogens with zero attached hydrogens (tertiary/aromatic N) is 3. The molecule has 0 fully saturated rings. The molecule has 20 heavy (non-hydrogen) atoms. The van der Waals surface area contributed by atoms with Crippen LogP contribution in [0.2, 0.25) is 0 Å². The van der Waals surface area contributed by atoms with Gasteiger partial charge in [0.25, 0.3) is 11.5 Å². The van der Waals surface area contributed by atoms with Crippen LogP contribution < -0.4 is 25.6 Å². The Hall–Kier alpha value is -1.74. The van der Waals surface area contributed by atoms with Crippen molar-refractivity contribution in [3.05, 3.63) is 16.7 Å². The zero-order chi connectivity index (χ0) is 14.9. The Morgan fingerprint density at radius 3 is 2.95 bits per heavy atom. The third kappa shape index (κ3) is 3.23. The molecular weight excluding hydrogens is 289 g/mol. The molecule has 2 aromatic rings. The van der Waals surface area contributed by atoms with Gasteiger partial charge >= 0.3 is 5.65 Å². The second kappa shape index (κ2) is 5.33. The summed E-state index contributed by atoms with van der Waals surface area (Å²) in [5.41, 5.74) is 5.84. The van der Waals surface area contributed by atoms with E-state index in [0.717, 1.165) is 0 Å². The molecule has 0 radical (unpaired) electrons. The van der Waals surface area contributed by atoms with Gasteiger partial charge in [-0.2, -0.15) is 0 Å². The molecule has 0 amide bonds. The lowest BCUT2D eigenvalue weighted by molar-refractivity contribution is -0.674. The summed E-state index contributed by atoms with van der Waals surface area (Å²) in [5, 5.41) is 0. The Labute approximate surface area is 113 Å². The highest BCUT2D eigenvalue weighted by molar-refractivity contribution is 7.43. The van der Waals surface area contributed by atoms with Crippen molar-refractivity contribution in [2.45, 2.75) is 13.0 Å². The molecule has 0 unspecified atom stereocenters. The number of phosphoric ester groups is 1. The van der Waals surface area contributed by atoms with Crippen LogP contribution in [0.15, 0.2) is 11.1 Å². The standard InChI is InChI=1S/C9H14N5O5P/c1-13-5-14(3-2-4-19-20(16,17)18)7-6(13)8(15)12-9(10)11-7/h5H,2-4H2,1H3,(H4-,10,11,12,15,16,17,18)/p-1. The Bertz CT molecular complexity index is 732. The molecule has 0 bridgehead atoms. The average Bonchev–Trinajstić information content (AvgIpc) is 2.60. The second-order valence-corrected chi connectivity index (χ2v) is 5.33. The Morgan fingerprint density at radius 1 is 1.60 bits per heavy atom. The molecular formula is C9H13N5O5P-. The van der Waals surface area contributed by atoms with Crippen molar-refractivity contribution in [1.29, 1.82) is 0 Å². The Morgan fingerprint density at radius 2 is 2.30 bits per heavy atom. The Kier molecular flexibility index (Phi) is 3.91. The highest BCUT2D eigenvalue weighted by Crippen LogP contribution is 2.24. The zero-order valence-corrected chi connectivity index (χ0v) is 11.5. The van der Waals surface area contributed by atoms with Crippen molar-refractivity contribution in [3.8, 4) is 0 Å². The van der Waals surface area contributed by atoms with E-state index in [-0.39, 0.29) is 24.5 Å². The molecule has 0 saturated carbocycles. The first-order valence-corrected chi connectivity index (χ1v) is 7.15. The van der Waals surface area contributed by atoms with Crippen molar-refractivity contribution in [1.82, 2.24) is 14.5 Å². The summed E-state index contributed by atoms with van der Waals surface area (Å²) in [7, 11) is -3.28. The van der Waals surface area contributed by atoms with Crippen molar-refractivity contribution in [3.63, 3.8) is 0 Å². The summed E-state index contributed by atoms with van der Waals surface area (Å²) in [6.07, 6.45) is 1.90. The first kappa shape index (κ1) is 14.7. The smallest absolute Gasteiger partial charge is 0.311 e. The van der Waals surface area contributed by atoms with E-state index < -0.39 is 7.82 Å². The molecule has 2 aromatic heterocycles. The van der Waals surface area contributed by atoms with Crippen molar-refractivity contribution in [2.24, 2.45) is 7.05 Å². The summed E-state index contributed by atoms with van der Waals surface area (Å²) in [5.74, 6) is -0.0117. The second-order valence-electron chi connectivity index (χ2n) is 4.18. The fraction of sp³-hybridized carbons (Fsp3) is 0.444. The summed E-state index contributed by atoms with van der Waals surface area (Å²) in [6.45, 7) is 0.0968. The molecule has 110 valence electrons. The van der Waals surface area contributed by atoms with Crippen LogP contribution in [-0.2, 0) is 22.7 Å². The van der Waals surface area contributed by atoms with Crippen LogP contribution in [-0.4, -0.2) is 21.1 Å². The number of fused-ring (bicyclic) bond motifs is 1. The fourth-order valence-corrected chi connectivity index (χ4v) is 2.24. The highest BCUT2D eigenvalue weighted by Gasteiger charge is 2.18. The lowest BCUT2D eigenvalue weighted by atomic mass is 10.4. The minimum atomic E-state index is -4.95. The Balaban J connectivity index is 2.19. The number of hydrogen-bond donors (Lipinski definition) is 2. The van der Waals surface area contributed by atoms with Gasteiger partial charge in [-0.15, -0.1) is 0 Å². The summed E-state index contributed by atoms with van der Waals surface area (Å²) < 4.78 is 17.6. The molecule has 2 rings (SSSR count). The van der Waals surface area contributed by atoms with E-state index in [1.54, 1.807) is 22.5 Å². The lowest BCUT2D eigenvalue weighted by Crippen LogP contribution is -2.34. The van der Waals surface area contributed by atoms with Gasteiger partial charge in [-0.1, -0.05) is 4.98 Å². The maximum Gasteiger partial charge on any atom is 0.311 e. The summed E-state index contributed by atoms with van der Waals surface area (Å²) in [4.78, 5) is 38.8. The quantitative estimate of drug-likeness (QED) is 0.348. The predicted molar refractivity (Wildman–Crippen MR) is 64.1 cm³/mol. The van der Waals surface area contributed by atoms with E-state index in [1.165, 1.54) is 0 Å². The molecule has 2 heterocycles. The van der Waals surface area contributed by atoms with Gasteiger partial charge in [0.1, 0.15) is 0 Å². The van der Waals surface area contributed by atoms with Gasteiger partial charge in [-0.3, -0.25) is 14.3 Å². The van der Waals surface area contributed by atoms with Crippen LogP contribution in [0, 0.1) is 0 Å². The first-order valence-electron chi connectivity index (χ1n) is 5.69. The van der Waals surface area contributed by atoms with Gasteiger partial charge < -0.3 is 24.6 Å². The zero-order valence-electron chi connectivity index (χ0n) is 10.6. The van der Waals surface area contributed by atoms with Crippen molar-refractivity contribution < 1.29 is 23.4 Å². The van der Waals surface area contributed by atoms with E-state index in [4.69, 9.17) is 5.73 Å². The van der Waals surface area contributed by atoms with E-state index in [9.17, 15) is 19.1 Å². The van der Waals surface area contributed by atoms with Gasteiger partial charge in [0.05, 0.1) is 28.0 Å². The number of anilines is 1. The largest absolute Gasteiger partial charge is 0.790 e. The van der Waals surface area contributed by atoms with Crippen LogP contribution in [0.25, 0.3) is 11.2 Å². The molecule has 0 aromatic carbocycles. The molecule has 0 spiro atoms. The van der Waals surface area contributed by atoms with Gasteiger partial charge in [-0.25, -0.2) is 4.57 Å². The normalized spacial score (nSPS) is 12.2.